The maximum Gasteiger partial charge on any atom is 0.136 e. The van der Waals surface area contributed by atoms with Crippen LogP contribution in [0.1, 0.15) is 57.8 Å². The molecule has 1 saturated carbocycles. The van der Waals surface area contributed by atoms with Gasteiger partial charge in [-0.2, -0.15) is 0 Å². The second kappa shape index (κ2) is 6.63. The van der Waals surface area contributed by atoms with Crippen LogP contribution in [-0.4, -0.2) is 23.6 Å². The predicted molar refractivity (Wildman–Crippen MR) is 89.9 cm³/mol. The molecule has 0 spiro atoms. The Kier molecular flexibility index (Phi) is 5.07. The molecule has 118 valence electrons. The number of hydrogen-bond acceptors (Lipinski definition) is 4. The van der Waals surface area contributed by atoms with Gasteiger partial charge >= 0.3 is 0 Å². The first kappa shape index (κ1) is 16.1. The van der Waals surface area contributed by atoms with E-state index in [-0.39, 0.29) is 0 Å². The minimum Gasteiger partial charge on any atom is -0.373 e. The van der Waals surface area contributed by atoms with Crippen LogP contribution >= 0.6 is 0 Å². The maximum absolute atomic E-state index is 4.77. The molecule has 4 nitrogen and oxygen atoms in total. The molecule has 0 unspecified atom stereocenters. The van der Waals surface area contributed by atoms with E-state index in [1.165, 1.54) is 12.8 Å². The third-order valence-electron chi connectivity index (χ3n) is 4.56. The van der Waals surface area contributed by atoms with E-state index in [0.29, 0.717) is 23.7 Å². The predicted octanol–water partition coefficient (Wildman–Crippen LogP) is 4.04. The van der Waals surface area contributed by atoms with Gasteiger partial charge in [-0.25, -0.2) is 9.97 Å². The highest BCUT2D eigenvalue weighted by atomic mass is 15.1. The normalized spacial score (nSPS) is 15.1. The third kappa shape index (κ3) is 3.86. The van der Waals surface area contributed by atoms with Gasteiger partial charge in [-0.05, 0) is 37.5 Å². The number of aromatic nitrogens is 2. The van der Waals surface area contributed by atoms with Gasteiger partial charge in [-0.15, -0.1) is 0 Å². The molecule has 0 atom stereocenters. The summed E-state index contributed by atoms with van der Waals surface area (Å²) >= 11 is 0. The molecule has 1 heterocycles. The average Bonchev–Trinajstić information content (AvgIpc) is 3.24. The van der Waals surface area contributed by atoms with E-state index in [1.54, 1.807) is 0 Å². The fourth-order valence-electron chi connectivity index (χ4n) is 2.93. The molecular formula is C17H30N4. The Morgan fingerprint density at radius 1 is 1.05 bits per heavy atom. The minimum absolute atomic E-state index is 0.573. The fraction of sp³-hybridized carbons (Fsp3) is 0.765. The zero-order valence-electron chi connectivity index (χ0n) is 14.3. The molecule has 1 aliphatic rings. The summed E-state index contributed by atoms with van der Waals surface area (Å²) in [6, 6.07) is 0. The van der Waals surface area contributed by atoms with Gasteiger partial charge in [0.1, 0.15) is 17.5 Å². The van der Waals surface area contributed by atoms with Gasteiger partial charge in [0, 0.05) is 25.1 Å². The van der Waals surface area contributed by atoms with E-state index in [1.807, 2.05) is 7.05 Å². The van der Waals surface area contributed by atoms with E-state index < -0.39 is 0 Å². The van der Waals surface area contributed by atoms with E-state index in [9.17, 15) is 0 Å². The molecule has 2 rings (SSSR count). The van der Waals surface area contributed by atoms with Crippen molar-refractivity contribution in [3.8, 4) is 0 Å². The highest BCUT2D eigenvalue weighted by Crippen LogP contribution is 2.39. The molecule has 0 amide bonds. The Morgan fingerprint density at radius 2 is 1.62 bits per heavy atom. The Hall–Kier alpha value is -1.32. The molecule has 1 aliphatic carbocycles. The van der Waals surface area contributed by atoms with Crippen molar-refractivity contribution in [3.63, 3.8) is 0 Å². The molecule has 4 heteroatoms. The second-order valence-corrected chi connectivity index (χ2v) is 6.96. The van der Waals surface area contributed by atoms with E-state index in [4.69, 9.17) is 4.98 Å². The van der Waals surface area contributed by atoms with Gasteiger partial charge in [0.25, 0.3) is 0 Å². The van der Waals surface area contributed by atoms with E-state index >= 15 is 0 Å². The lowest BCUT2D eigenvalue weighted by Gasteiger charge is -2.26. The largest absolute Gasteiger partial charge is 0.373 e. The van der Waals surface area contributed by atoms with Crippen molar-refractivity contribution >= 4 is 11.6 Å². The van der Waals surface area contributed by atoms with Gasteiger partial charge in [0.05, 0.1) is 0 Å². The van der Waals surface area contributed by atoms with Crippen LogP contribution in [0, 0.1) is 24.7 Å². The topological polar surface area (TPSA) is 49.8 Å². The summed E-state index contributed by atoms with van der Waals surface area (Å²) in [5.41, 5.74) is 1.12. The van der Waals surface area contributed by atoms with Gasteiger partial charge in [-0.3, -0.25) is 0 Å². The van der Waals surface area contributed by atoms with Crippen molar-refractivity contribution in [1.82, 2.24) is 9.97 Å². The smallest absolute Gasteiger partial charge is 0.136 e. The van der Waals surface area contributed by atoms with Crippen LogP contribution in [0.25, 0.3) is 0 Å². The number of nitrogens with zero attached hydrogens (tertiary/aromatic N) is 2. The molecule has 21 heavy (non-hydrogen) atoms. The average molecular weight is 290 g/mol. The number of anilines is 2. The Balaban J connectivity index is 2.16. The van der Waals surface area contributed by atoms with Crippen molar-refractivity contribution in [3.05, 3.63) is 11.4 Å². The summed E-state index contributed by atoms with van der Waals surface area (Å²) in [4.78, 5) is 9.42. The van der Waals surface area contributed by atoms with E-state index in [2.05, 4.69) is 50.2 Å². The SMILES string of the molecule is CNc1nc(C2CC2)nc(NCC(C(C)C)C(C)C)c1C. The van der Waals surface area contributed by atoms with E-state index in [0.717, 1.165) is 29.6 Å². The first-order valence-electron chi connectivity index (χ1n) is 8.24. The highest BCUT2D eigenvalue weighted by molar-refractivity contribution is 5.57. The van der Waals surface area contributed by atoms with Gasteiger partial charge < -0.3 is 10.6 Å². The van der Waals surface area contributed by atoms with Gasteiger partial charge in [0.15, 0.2) is 0 Å². The molecule has 0 radical (unpaired) electrons. The van der Waals surface area contributed by atoms with Crippen LogP contribution in [-0.2, 0) is 0 Å². The quantitative estimate of drug-likeness (QED) is 0.795. The third-order valence-corrected chi connectivity index (χ3v) is 4.56. The number of hydrogen-bond donors (Lipinski definition) is 2. The van der Waals surface area contributed by atoms with Gasteiger partial charge in [0.2, 0.25) is 0 Å². The summed E-state index contributed by atoms with van der Waals surface area (Å²) in [6.45, 7) is 12.3. The minimum atomic E-state index is 0.573. The van der Waals surface area contributed by atoms with Crippen molar-refractivity contribution < 1.29 is 0 Å². The molecule has 1 aromatic heterocycles. The van der Waals surface area contributed by atoms with Crippen LogP contribution < -0.4 is 10.6 Å². The molecule has 1 fully saturated rings. The lowest BCUT2D eigenvalue weighted by atomic mass is 9.85. The number of nitrogens with one attached hydrogen (secondary N) is 2. The summed E-state index contributed by atoms with van der Waals surface area (Å²) in [5.74, 6) is 5.53. The lowest BCUT2D eigenvalue weighted by molar-refractivity contribution is 0.304. The standard InChI is InChI=1S/C17H30N4/c1-10(2)14(11(3)4)9-19-16-12(5)15(18-6)20-17(21-16)13-7-8-13/h10-11,13-14H,7-9H2,1-6H3,(H2,18,19,20,21). The zero-order valence-corrected chi connectivity index (χ0v) is 14.3. The van der Waals surface area contributed by atoms with Crippen LogP contribution in [0.4, 0.5) is 11.6 Å². The molecule has 0 aromatic carbocycles. The Labute approximate surface area is 129 Å². The van der Waals surface area contributed by atoms with Crippen LogP contribution in [0.2, 0.25) is 0 Å². The van der Waals surface area contributed by atoms with Crippen molar-refractivity contribution in [2.45, 2.75) is 53.4 Å². The Morgan fingerprint density at radius 3 is 2.10 bits per heavy atom. The van der Waals surface area contributed by atoms with Gasteiger partial charge in [-0.1, -0.05) is 27.7 Å². The fourth-order valence-corrected chi connectivity index (χ4v) is 2.93. The molecule has 0 saturated heterocycles. The molecule has 0 aliphatic heterocycles. The summed E-state index contributed by atoms with van der Waals surface area (Å²) in [5, 5.41) is 6.78. The molecule has 0 bridgehead atoms. The summed E-state index contributed by atoms with van der Waals surface area (Å²) in [7, 11) is 1.93. The van der Waals surface area contributed by atoms with Crippen LogP contribution in [0.3, 0.4) is 0 Å². The van der Waals surface area contributed by atoms with Crippen molar-refractivity contribution in [1.29, 1.82) is 0 Å². The zero-order chi connectivity index (χ0) is 15.6. The molecular weight excluding hydrogens is 260 g/mol. The Bertz CT molecular complexity index is 470. The lowest BCUT2D eigenvalue weighted by Crippen LogP contribution is -2.25. The first-order valence-corrected chi connectivity index (χ1v) is 8.24. The summed E-state index contributed by atoms with van der Waals surface area (Å²) < 4.78 is 0. The van der Waals surface area contributed by atoms with Crippen LogP contribution in [0.15, 0.2) is 0 Å². The van der Waals surface area contributed by atoms with Crippen molar-refractivity contribution in [2.24, 2.45) is 17.8 Å². The van der Waals surface area contributed by atoms with Crippen molar-refractivity contribution in [2.75, 3.05) is 24.2 Å². The summed E-state index contributed by atoms with van der Waals surface area (Å²) in [6.07, 6.45) is 2.46. The molecule has 1 aromatic rings. The number of rotatable bonds is 7. The van der Waals surface area contributed by atoms with Crippen LogP contribution in [0.5, 0.6) is 0 Å². The maximum atomic E-state index is 4.77. The molecule has 2 N–H and O–H groups in total. The second-order valence-electron chi connectivity index (χ2n) is 6.96. The highest BCUT2D eigenvalue weighted by Gasteiger charge is 2.28. The monoisotopic (exact) mass is 290 g/mol. The first-order chi connectivity index (χ1) is 9.93.